The van der Waals surface area contributed by atoms with Gasteiger partial charge < -0.3 is 0 Å². The molecule has 0 aliphatic carbocycles. The van der Waals surface area contributed by atoms with Gasteiger partial charge in [-0.2, -0.15) is 0 Å². The number of fused-ring (bicyclic) bond motifs is 1. The maximum absolute atomic E-state index is 13.2. The summed E-state index contributed by atoms with van der Waals surface area (Å²) >= 11 is 1.47. The first-order valence-corrected chi connectivity index (χ1v) is 11.8. The van der Waals surface area contributed by atoms with E-state index in [4.69, 9.17) is 4.98 Å². The number of anilines is 1. The molecule has 0 spiro atoms. The summed E-state index contributed by atoms with van der Waals surface area (Å²) in [6.45, 7) is 5.37. The second kappa shape index (κ2) is 9.14. The largest absolute Gasteiger partial charge is 0.298 e. The molecule has 1 fully saturated rings. The van der Waals surface area contributed by atoms with Gasteiger partial charge in [-0.15, -0.1) is 11.3 Å². The van der Waals surface area contributed by atoms with E-state index in [1.54, 1.807) is 12.4 Å². The summed E-state index contributed by atoms with van der Waals surface area (Å²) in [5, 5.41) is 6.48. The first-order valence-electron chi connectivity index (χ1n) is 10.9. The lowest BCUT2D eigenvalue weighted by atomic mass is 9.99. The van der Waals surface area contributed by atoms with Crippen molar-refractivity contribution < 1.29 is 4.79 Å². The van der Waals surface area contributed by atoms with Gasteiger partial charge in [0.1, 0.15) is 0 Å². The minimum atomic E-state index is -0.179. The summed E-state index contributed by atoms with van der Waals surface area (Å²) in [7, 11) is 0. The lowest BCUT2D eigenvalue weighted by molar-refractivity contribution is 0.102. The lowest BCUT2D eigenvalue weighted by Crippen LogP contribution is -2.32. The quantitative estimate of drug-likeness (QED) is 0.457. The second-order valence-electron chi connectivity index (χ2n) is 8.37. The first-order chi connectivity index (χ1) is 15.7. The minimum Gasteiger partial charge on any atom is -0.298 e. The zero-order chi connectivity index (χ0) is 21.9. The number of pyridine rings is 2. The van der Waals surface area contributed by atoms with Crippen molar-refractivity contribution in [3.63, 3.8) is 0 Å². The first kappa shape index (κ1) is 20.7. The van der Waals surface area contributed by atoms with Gasteiger partial charge >= 0.3 is 0 Å². The fraction of sp³-hybridized carbons (Fsp3) is 0.280. The lowest BCUT2D eigenvalue weighted by Gasteiger charge is -2.29. The summed E-state index contributed by atoms with van der Waals surface area (Å²) < 4.78 is 0. The van der Waals surface area contributed by atoms with Crippen LogP contribution in [0, 0.1) is 5.92 Å². The highest BCUT2D eigenvalue weighted by Crippen LogP contribution is 2.26. The summed E-state index contributed by atoms with van der Waals surface area (Å²) in [4.78, 5) is 29.3. The molecule has 7 heteroatoms. The normalized spacial score (nSPS) is 15.2. The van der Waals surface area contributed by atoms with Crippen LogP contribution in [0.2, 0.25) is 0 Å². The topological polar surface area (TPSA) is 71.0 Å². The number of benzene rings is 1. The smallest absolute Gasteiger partial charge is 0.258 e. The Morgan fingerprint density at radius 3 is 2.81 bits per heavy atom. The molecule has 0 unspecified atom stereocenters. The van der Waals surface area contributed by atoms with Crippen LogP contribution in [0.5, 0.6) is 0 Å². The summed E-state index contributed by atoms with van der Waals surface area (Å²) in [6.07, 6.45) is 5.96. The maximum Gasteiger partial charge on any atom is 0.258 e. The molecule has 1 aliphatic rings. The molecule has 0 saturated carbocycles. The van der Waals surface area contributed by atoms with E-state index >= 15 is 0 Å². The van der Waals surface area contributed by atoms with E-state index in [2.05, 4.69) is 27.1 Å². The standard InChI is InChI=1S/C25H25N5OS/c1-17-8-11-30(12-9-17)15-19-16-32-25(27-19)29-24(31)21-13-23(18-5-4-10-26-14-18)28-22-7-3-2-6-20(21)22/h2-7,10,13-14,16-17H,8-9,11-12,15H2,1H3,(H,27,29,31). The number of para-hydroxylation sites is 1. The Bertz CT molecular complexity index is 1230. The highest BCUT2D eigenvalue weighted by atomic mass is 32.1. The van der Waals surface area contributed by atoms with Crippen LogP contribution in [0.3, 0.4) is 0 Å². The molecule has 32 heavy (non-hydrogen) atoms. The minimum absolute atomic E-state index is 0.179. The van der Waals surface area contributed by atoms with Crippen molar-refractivity contribution in [3.8, 4) is 11.3 Å². The SMILES string of the molecule is CC1CCN(Cc2csc(NC(=O)c3cc(-c4cccnc4)nc4ccccc34)n2)CC1. The van der Waals surface area contributed by atoms with Crippen molar-refractivity contribution >= 4 is 33.3 Å². The van der Waals surface area contributed by atoms with Crippen molar-refractivity contribution in [2.45, 2.75) is 26.3 Å². The Balaban J connectivity index is 1.38. The van der Waals surface area contributed by atoms with E-state index in [0.717, 1.165) is 53.4 Å². The Hall–Kier alpha value is -3.16. The number of likely N-dealkylation sites (tertiary alicyclic amines) is 1. The van der Waals surface area contributed by atoms with Crippen LogP contribution in [0.15, 0.2) is 60.2 Å². The van der Waals surface area contributed by atoms with Crippen LogP contribution in [0.25, 0.3) is 22.2 Å². The predicted molar refractivity (Wildman–Crippen MR) is 129 cm³/mol. The van der Waals surface area contributed by atoms with Gasteiger partial charge in [0.05, 0.1) is 22.5 Å². The number of amides is 1. The van der Waals surface area contributed by atoms with Crippen LogP contribution in [-0.4, -0.2) is 38.8 Å². The van der Waals surface area contributed by atoms with Crippen molar-refractivity contribution in [2.75, 3.05) is 18.4 Å². The molecule has 162 valence electrons. The average molecular weight is 444 g/mol. The van der Waals surface area contributed by atoms with Gasteiger partial charge in [-0.1, -0.05) is 25.1 Å². The molecule has 1 amide bonds. The molecule has 6 nitrogen and oxygen atoms in total. The number of nitrogens with one attached hydrogen (secondary N) is 1. The molecule has 0 atom stereocenters. The fourth-order valence-electron chi connectivity index (χ4n) is 4.08. The summed E-state index contributed by atoms with van der Waals surface area (Å²) in [5.41, 5.74) is 3.96. The molecule has 1 saturated heterocycles. The number of hydrogen-bond donors (Lipinski definition) is 1. The van der Waals surface area contributed by atoms with Gasteiger partial charge in [0.25, 0.3) is 5.91 Å². The van der Waals surface area contributed by atoms with Crippen molar-refractivity contribution in [1.82, 2.24) is 19.9 Å². The Morgan fingerprint density at radius 1 is 1.16 bits per heavy atom. The molecule has 1 N–H and O–H groups in total. The zero-order valence-electron chi connectivity index (χ0n) is 18.0. The maximum atomic E-state index is 13.2. The summed E-state index contributed by atoms with van der Waals surface area (Å²) in [6, 6.07) is 13.3. The van der Waals surface area contributed by atoms with Gasteiger partial charge in [-0.3, -0.25) is 20.0 Å². The van der Waals surface area contributed by atoms with E-state index in [0.29, 0.717) is 10.7 Å². The van der Waals surface area contributed by atoms with Crippen LogP contribution in [0.1, 0.15) is 35.8 Å². The molecule has 1 aromatic carbocycles. The number of carbonyl (C=O) groups excluding carboxylic acids is 1. The van der Waals surface area contributed by atoms with E-state index in [9.17, 15) is 4.79 Å². The number of thiazole rings is 1. The Labute approximate surface area is 191 Å². The fourth-order valence-corrected chi connectivity index (χ4v) is 4.77. The molecule has 0 radical (unpaired) electrons. The van der Waals surface area contributed by atoms with E-state index in [1.165, 1.54) is 24.2 Å². The predicted octanol–water partition coefficient (Wildman–Crippen LogP) is 5.24. The van der Waals surface area contributed by atoms with E-state index in [1.807, 2.05) is 47.8 Å². The van der Waals surface area contributed by atoms with Crippen molar-refractivity contribution in [2.24, 2.45) is 5.92 Å². The molecule has 4 aromatic rings. The third-order valence-corrected chi connectivity index (χ3v) is 6.76. The van der Waals surface area contributed by atoms with Crippen molar-refractivity contribution in [3.05, 3.63) is 71.5 Å². The third kappa shape index (κ3) is 4.54. The molecule has 1 aliphatic heterocycles. The molecule has 0 bridgehead atoms. The average Bonchev–Trinajstić information content (AvgIpc) is 3.27. The van der Waals surface area contributed by atoms with E-state index in [-0.39, 0.29) is 5.91 Å². The number of piperidine rings is 1. The number of carbonyl (C=O) groups is 1. The van der Waals surface area contributed by atoms with E-state index < -0.39 is 0 Å². The monoisotopic (exact) mass is 443 g/mol. The highest BCUT2D eigenvalue weighted by Gasteiger charge is 2.18. The van der Waals surface area contributed by atoms with Gasteiger partial charge in [0.2, 0.25) is 0 Å². The third-order valence-electron chi connectivity index (χ3n) is 5.95. The van der Waals surface area contributed by atoms with Crippen LogP contribution >= 0.6 is 11.3 Å². The van der Waals surface area contributed by atoms with Gasteiger partial charge in [0, 0.05) is 35.3 Å². The molecule has 4 heterocycles. The number of nitrogens with zero attached hydrogens (tertiary/aromatic N) is 4. The Kier molecular flexibility index (Phi) is 5.92. The van der Waals surface area contributed by atoms with Gasteiger partial charge in [-0.05, 0) is 56.1 Å². The number of aromatic nitrogens is 3. The van der Waals surface area contributed by atoms with Gasteiger partial charge in [0.15, 0.2) is 5.13 Å². The number of hydrogen-bond acceptors (Lipinski definition) is 6. The zero-order valence-corrected chi connectivity index (χ0v) is 18.8. The van der Waals surface area contributed by atoms with Crippen LogP contribution in [0.4, 0.5) is 5.13 Å². The molecular formula is C25H25N5OS. The number of rotatable bonds is 5. The summed E-state index contributed by atoms with van der Waals surface area (Å²) in [5.74, 6) is 0.629. The molecule has 3 aromatic heterocycles. The Morgan fingerprint density at radius 2 is 2.00 bits per heavy atom. The van der Waals surface area contributed by atoms with Crippen LogP contribution < -0.4 is 5.32 Å². The van der Waals surface area contributed by atoms with Gasteiger partial charge in [-0.25, -0.2) is 9.97 Å². The highest BCUT2D eigenvalue weighted by molar-refractivity contribution is 7.14. The van der Waals surface area contributed by atoms with Crippen LogP contribution in [-0.2, 0) is 6.54 Å². The van der Waals surface area contributed by atoms with Crippen molar-refractivity contribution in [1.29, 1.82) is 0 Å². The molecule has 5 rings (SSSR count). The molecular weight excluding hydrogens is 418 g/mol. The second-order valence-corrected chi connectivity index (χ2v) is 9.23.